The Balaban J connectivity index is 2.42. The van der Waals surface area contributed by atoms with Crippen LogP contribution >= 0.6 is 0 Å². The quantitative estimate of drug-likeness (QED) is 0.435. The second-order valence-corrected chi connectivity index (χ2v) is 6.31. The van der Waals surface area contributed by atoms with Crippen LogP contribution in [-0.2, 0) is 14.9 Å². The molecule has 0 aliphatic carbocycles. The molecule has 1 saturated heterocycles. The molecular weight excluding hydrogens is 273 g/mol. The van der Waals surface area contributed by atoms with Crippen LogP contribution in [0.5, 0.6) is 5.75 Å². The number of carbonyl (C=O) groups is 1. The van der Waals surface area contributed by atoms with Gasteiger partial charge in [0.05, 0.1) is 11.2 Å². The Morgan fingerprint density at radius 3 is 2.24 bits per heavy atom. The first-order valence-electron chi connectivity index (χ1n) is 6.67. The van der Waals surface area contributed by atoms with Crippen LogP contribution in [0.25, 0.3) is 0 Å². The average molecular weight is 293 g/mol. The van der Waals surface area contributed by atoms with E-state index < -0.39 is 23.9 Å². The number of phenolic OH excluding ortho intramolecular Hbond substituents is 1. The van der Waals surface area contributed by atoms with Gasteiger partial charge in [0.1, 0.15) is 12.0 Å². The number of carbonyl (C=O) groups excluding carboxylic acids is 1. The van der Waals surface area contributed by atoms with E-state index in [0.717, 1.165) is 0 Å². The Labute approximate surface area is 124 Å². The van der Waals surface area contributed by atoms with Crippen molar-refractivity contribution in [1.82, 2.24) is 0 Å². The van der Waals surface area contributed by atoms with Gasteiger partial charge in [0.15, 0.2) is 5.62 Å². The number of hydrogen-bond acceptors (Lipinski definition) is 6. The monoisotopic (exact) mass is 293 g/mol. The van der Waals surface area contributed by atoms with Gasteiger partial charge in [0, 0.05) is 11.1 Å². The second kappa shape index (κ2) is 4.81. The molecule has 4 N–H and O–H groups in total. The molecule has 21 heavy (non-hydrogen) atoms. The number of nitrogens with two attached hydrogens (primary N) is 1. The molecule has 0 bridgehead atoms. The molecule has 1 fully saturated rings. The second-order valence-electron chi connectivity index (χ2n) is 6.31. The topological polar surface area (TPSA) is 102 Å². The lowest BCUT2D eigenvalue weighted by Gasteiger charge is -2.32. The van der Waals surface area contributed by atoms with E-state index in [0.29, 0.717) is 6.29 Å². The number of aromatic hydroxyl groups is 1. The fraction of sp³-hybridized carbons (Fsp3) is 0.500. The van der Waals surface area contributed by atoms with E-state index in [4.69, 9.17) is 15.0 Å². The fourth-order valence-corrected chi connectivity index (χ4v) is 2.10. The van der Waals surface area contributed by atoms with Crippen LogP contribution in [-0.4, -0.2) is 34.8 Å². The van der Waals surface area contributed by atoms with E-state index in [1.54, 1.807) is 0 Å². The van der Waals surface area contributed by atoms with E-state index in [1.165, 1.54) is 18.2 Å². The highest BCUT2D eigenvalue weighted by Crippen LogP contribution is 2.42. The van der Waals surface area contributed by atoms with Gasteiger partial charge < -0.3 is 25.3 Å². The van der Waals surface area contributed by atoms with Crippen LogP contribution in [0.2, 0.25) is 0 Å². The Kier molecular flexibility index (Phi) is 3.66. The van der Waals surface area contributed by atoms with E-state index in [9.17, 15) is 15.0 Å². The van der Waals surface area contributed by atoms with Gasteiger partial charge in [0.25, 0.3) is 0 Å². The predicted molar refractivity (Wildman–Crippen MR) is 77.7 cm³/mol. The third kappa shape index (κ3) is 2.57. The minimum Gasteiger partial charge on any atom is -0.508 e. The number of aldehydes is 1. The van der Waals surface area contributed by atoms with Gasteiger partial charge in [-0.15, -0.1) is 0 Å². The molecule has 0 saturated carbocycles. The lowest BCUT2D eigenvalue weighted by Crippen LogP contribution is -2.53. The fourth-order valence-electron chi connectivity index (χ4n) is 2.10. The van der Waals surface area contributed by atoms with Gasteiger partial charge in [-0.3, -0.25) is 4.79 Å². The van der Waals surface area contributed by atoms with Crippen molar-refractivity contribution in [3.05, 3.63) is 29.3 Å². The van der Waals surface area contributed by atoms with Crippen molar-refractivity contribution in [3.8, 4) is 5.75 Å². The predicted octanol–water partition coefficient (Wildman–Crippen LogP) is 0.940. The summed E-state index contributed by atoms with van der Waals surface area (Å²) in [6.45, 7) is 7.30. The molecule has 0 spiro atoms. The van der Waals surface area contributed by atoms with Crippen molar-refractivity contribution in [2.24, 2.45) is 5.73 Å². The van der Waals surface area contributed by atoms with E-state index in [-0.39, 0.29) is 16.9 Å². The summed E-state index contributed by atoms with van der Waals surface area (Å²) >= 11 is 0. The molecule has 114 valence electrons. The molecule has 0 amide bonds. The summed E-state index contributed by atoms with van der Waals surface area (Å²) < 4.78 is 11.4. The molecular formula is C14H20BNO5. The molecule has 1 aliphatic rings. The van der Waals surface area contributed by atoms with Crippen molar-refractivity contribution in [1.29, 1.82) is 0 Å². The molecule has 1 aromatic carbocycles. The molecule has 1 atom stereocenters. The largest absolute Gasteiger partial charge is 0.512 e. The van der Waals surface area contributed by atoms with Crippen molar-refractivity contribution in [2.75, 3.05) is 0 Å². The van der Waals surface area contributed by atoms with Crippen LogP contribution in [0, 0.1) is 0 Å². The summed E-state index contributed by atoms with van der Waals surface area (Å²) in [7, 11) is -1.17. The third-order valence-electron chi connectivity index (χ3n) is 4.20. The van der Waals surface area contributed by atoms with Crippen LogP contribution < -0.4 is 5.73 Å². The Morgan fingerprint density at radius 1 is 1.24 bits per heavy atom. The van der Waals surface area contributed by atoms with Gasteiger partial charge in [-0.05, 0) is 45.9 Å². The average Bonchev–Trinajstić information content (AvgIpc) is 2.59. The zero-order valence-electron chi connectivity index (χ0n) is 12.6. The maximum absolute atomic E-state index is 10.9. The molecule has 1 aliphatic heterocycles. The van der Waals surface area contributed by atoms with Gasteiger partial charge in [-0.1, -0.05) is 0 Å². The first kappa shape index (κ1) is 16.0. The highest BCUT2D eigenvalue weighted by atomic mass is 16.7. The molecule has 0 unspecified atom stereocenters. The van der Waals surface area contributed by atoms with E-state index in [2.05, 4.69) is 0 Å². The first-order valence-corrected chi connectivity index (χ1v) is 6.67. The van der Waals surface area contributed by atoms with E-state index >= 15 is 0 Å². The molecule has 0 radical (unpaired) electrons. The standard InChI is InChI=1S/C14H20BNO5/c1-12(2)13(3,4)21-15(20-12)14(16,19)10-7-9(8-17)5-6-11(10)18/h5-8,18-19H,16H2,1-4H3/t14-/m0/s1. The number of hydrogen-bond donors (Lipinski definition) is 3. The van der Waals surface area contributed by atoms with Gasteiger partial charge in [-0.2, -0.15) is 0 Å². The molecule has 7 heteroatoms. The molecule has 0 aromatic heterocycles. The van der Waals surface area contributed by atoms with Gasteiger partial charge in [-0.25, -0.2) is 0 Å². The smallest absolute Gasteiger partial charge is 0.508 e. The summed E-state index contributed by atoms with van der Waals surface area (Å²) in [4.78, 5) is 10.9. The van der Waals surface area contributed by atoms with Crippen molar-refractivity contribution in [2.45, 2.75) is 44.5 Å². The summed E-state index contributed by atoms with van der Waals surface area (Å²) in [5.74, 6) is -0.236. The van der Waals surface area contributed by atoms with Crippen LogP contribution in [0.3, 0.4) is 0 Å². The summed E-state index contributed by atoms with van der Waals surface area (Å²) in [5, 5.41) is 20.5. The Hall–Kier alpha value is -1.41. The van der Waals surface area contributed by atoms with Crippen molar-refractivity contribution >= 4 is 13.4 Å². The maximum Gasteiger partial charge on any atom is 0.512 e. The number of benzene rings is 1. The SMILES string of the molecule is CC1(C)OB([C@@](N)(O)c2cc(C=O)ccc2O)OC1(C)C. The van der Waals surface area contributed by atoms with Gasteiger partial charge >= 0.3 is 7.12 Å². The van der Waals surface area contributed by atoms with Crippen molar-refractivity contribution in [3.63, 3.8) is 0 Å². The molecule has 2 rings (SSSR count). The molecule has 6 nitrogen and oxygen atoms in total. The van der Waals surface area contributed by atoms with Crippen LogP contribution in [0.1, 0.15) is 43.6 Å². The van der Waals surface area contributed by atoms with Crippen LogP contribution in [0.15, 0.2) is 18.2 Å². The summed E-state index contributed by atoms with van der Waals surface area (Å²) in [6, 6.07) is 4.03. The minimum absolute atomic E-state index is 0.0226. The maximum atomic E-state index is 10.9. The number of aliphatic hydroxyl groups is 1. The zero-order chi connectivity index (χ0) is 16.1. The van der Waals surface area contributed by atoms with Crippen molar-refractivity contribution < 1.29 is 24.3 Å². The molecule has 1 heterocycles. The summed E-state index contributed by atoms with van der Waals surface area (Å²) in [6.07, 6.45) is 0.600. The van der Waals surface area contributed by atoms with Gasteiger partial charge in [0.2, 0.25) is 0 Å². The highest BCUT2D eigenvalue weighted by Gasteiger charge is 2.59. The first-order chi connectivity index (χ1) is 9.51. The minimum atomic E-state index is -2.09. The number of phenols is 1. The zero-order valence-corrected chi connectivity index (χ0v) is 12.6. The Bertz CT molecular complexity index is 554. The number of rotatable bonds is 3. The van der Waals surface area contributed by atoms with E-state index in [1.807, 2.05) is 27.7 Å². The third-order valence-corrected chi connectivity index (χ3v) is 4.20. The lowest BCUT2D eigenvalue weighted by atomic mass is 9.70. The van der Waals surface area contributed by atoms with Crippen LogP contribution in [0.4, 0.5) is 0 Å². The lowest BCUT2D eigenvalue weighted by molar-refractivity contribution is 0.00578. The normalized spacial score (nSPS) is 22.9. The summed E-state index contributed by atoms with van der Waals surface area (Å²) in [5.41, 5.74) is 2.75. The Morgan fingerprint density at radius 2 is 1.76 bits per heavy atom. The molecule has 1 aromatic rings. The highest BCUT2D eigenvalue weighted by molar-refractivity contribution is 6.48.